The minimum absolute atomic E-state index is 0.0445. The number of carbonyl (C=O) groups excluding carboxylic acids is 1. The molecule has 0 aromatic carbocycles. The minimum Gasteiger partial charge on any atom is -0.478 e. The van der Waals surface area contributed by atoms with Crippen molar-refractivity contribution in [2.45, 2.75) is 6.92 Å². The maximum absolute atomic E-state index is 11.6. The van der Waals surface area contributed by atoms with E-state index in [4.69, 9.17) is 5.11 Å². The first-order valence-electron chi connectivity index (χ1n) is 5.69. The van der Waals surface area contributed by atoms with Crippen molar-refractivity contribution in [2.24, 2.45) is 0 Å². The Bertz CT molecular complexity index is 501. The van der Waals surface area contributed by atoms with Gasteiger partial charge in [0.2, 0.25) is 5.91 Å². The fourth-order valence-electron chi connectivity index (χ4n) is 1.90. The first kappa shape index (κ1) is 12.3. The SMILES string of the molecule is Cc1nc(N2CCN(C)C(=O)C2)ccc1C(=O)O. The topological polar surface area (TPSA) is 73.7 Å². The third-order valence-corrected chi connectivity index (χ3v) is 3.08. The standard InChI is InChI=1S/C12H15N3O3/c1-8-9(12(17)18)3-4-10(13-8)15-6-5-14(2)11(16)7-15/h3-4H,5-7H2,1-2H3,(H,17,18). The van der Waals surface area contributed by atoms with Crippen molar-refractivity contribution < 1.29 is 14.7 Å². The molecule has 96 valence electrons. The van der Waals surface area contributed by atoms with Crippen molar-refractivity contribution in [2.75, 3.05) is 31.6 Å². The summed E-state index contributed by atoms with van der Waals surface area (Å²) in [4.78, 5) is 30.3. The van der Waals surface area contributed by atoms with Crippen LogP contribution in [0, 0.1) is 6.92 Å². The van der Waals surface area contributed by atoms with Crippen LogP contribution in [0.3, 0.4) is 0 Å². The third-order valence-electron chi connectivity index (χ3n) is 3.08. The average molecular weight is 249 g/mol. The van der Waals surface area contributed by atoms with Crippen LogP contribution in [-0.2, 0) is 4.79 Å². The smallest absolute Gasteiger partial charge is 0.337 e. The van der Waals surface area contributed by atoms with Gasteiger partial charge in [-0.25, -0.2) is 9.78 Å². The Morgan fingerprint density at radius 2 is 2.11 bits per heavy atom. The van der Waals surface area contributed by atoms with Gasteiger partial charge in [-0.3, -0.25) is 4.79 Å². The maximum Gasteiger partial charge on any atom is 0.337 e. The molecule has 6 heteroatoms. The Hall–Kier alpha value is -2.11. The molecule has 1 fully saturated rings. The number of carbonyl (C=O) groups is 2. The van der Waals surface area contributed by atoms with Crippen molar-refractivity contribution >= 4 is 17.7 Å². The summed E-state index contributed by atoms with van der Waals surface area (Å²) >= 11 is 0. The first-order valence-corrected chi connectivity index (χ1v) is 5.69. The zero-order chi connectivity index (χ0) is 13.3. The number of anilines is 1. The van der Waals surface area contributed by atoms with Crippen molar-refractivity contribution in [3.05, 3.63) is 23.4 Å². The fraction of sp³-hybridized carbons (Fsp3) is 0.417. The highest BCUT2D eigenvalue weighted by Gasteiger charge is 2.22. The van der Waals surface area contributed by atoms with Gasteiger partial charge in [-0.2, -0.15) is 0 Å². The van der Waals surface area contributed by atoms with Crippen molar-refractivity contribution in [3.63, 3.8) is 0 Å². The summed E-state index contributed by atoms with van der Waals surface area (Å²) in [6, 6.07) is 3.18. The number of aryl methyl sites for hydroxylation is 1. The van der Waals surface area contributed by atoms with E-state index in [0.29, 0.717) is 24.6 Å². The van der Waals surface area contributed by atoms with Gasteiger partial charge in [-0.05, 0) is 19.1 Å². The second-order valence-electron chi connectivity index (χ2n) is 4.34. The molecular formula is C12H15N3O3. The number of rotatable bonds is 2. The number of piperazine rings is 1. The zero-order valence-electron chi connectivity index (χ0n) is 10.4. The van der Waals surface area contributed by atoms with Crippen LogP contribution in [0.2, 0.25) is 0 Å². The van der Waals surface area contributed by atoms with Gasteiger partial charge in [0, 0.05) is 20.1 Å². The molecule has 0 bridgehead atoms. The maximum atomic E-state index is 11.6. The molecule has 1 N–H and O–H groups in total. The van der Waals surface area contributed by atoms with Crippen molar-refractivity contribution in [1.29, 1.82) is 0 Å². The molecule has 1 aromatic heterocycles. The average Bonchev–Trinajstić information content (AvgIpc) is 2.32. The summed E-state index contributed by atoms with van der Waals surface area (Å²) < 4.78 is 0. The van der Waals surface area contributed by atoms with Gasteiger partial charge in [0.05, 0.1) is 17.8 Å². The number of carboxylic acid groups (broad SMARTS) is 1. The van der Waals surface area contributed by atoms with Crippen LogP contribution in [0.15, 0.2) is 12.1 Å². The largest absolute Gasteiger partial charge is 0.478 e. The predicted molar refractivity (Wildman–Crippen MR) is 65.8 cm³/mol. The van der Waals surface area contributed by atoms with E-state index in [1.165, 1.54) is 6.07 Å². The molecule has 1 aromatic rings. The molecule has 0 saturated carbocycles. The fourth-order valence-corrected chi connectivity index (χ4v) is 1.90. The highest BCUT2D eigenvalue weighted by atomic mass is 16.4. The van der Waals surface area contributed by atoms with Crippen molar-refractivity contribution in [1.82, 2.24) is 9.88 Å². The van der Waals surface area contributed by atoms with Gasteiger partial charge in [0.25, 0.3) is 0 Å². The van der Waals surface area contributed by atoms with Crippen LogP contribution in [0.5, 0.6) is 0 Å². The zero-order valence-corrected chi connectivity index (χ0v) is 10.4. The Morgan fingerprint density at radius 3 is 2.67 bits per heavy atom. The highest BCUT2D eigenvalue weighted by Crippen LogP contribution is 2.16. The van der Waals surface area contributed by atoms with Crippen molar-refractivity contribution in [3.8, 4) is 0 Å². The van der Waals surface area contributed by atoms with E-state index in [1.807, 2.05) is 4.90 Å². The normalized spacial score (nSPS) is 16.0. The molecule has 2 heterocycles. The summed E-state index contributed by atoms with van der Waals surface area (Å²) in [7, 11) is 1.77. The molecule has 1 aliphatic rings. The third kappa shape index (κ3) is 2.27. The Kier molecular flexibility index (Phi) is 3.18. The van der Waals surface area contributed by atoms with Gasteiger partial charge in [0.15, 0.2) is 0 Å². The first-order chi connectivity index (χ1) is 8.49. The van der Waals surface area contributed by atoms with Gasteiger partial charge in [-0.15, -0.1) is 0 Å². The van der Waals surface area contributed by atoms with Crippen LogP contribution >= 0.6 is 0 Å². The van der Waals surface area contributed by atoms with Gasteiger partial charge in [-0.1, -0.05) is 0 Å². The van der Waals surface area contributed by atoms with Gasteiger partial charge >= 0.3 is 5.97 Å². The van der Waals surface area contributed by atoms with E-state index < -0.39 is 5.97 Å². The molecule has 0 aliphatic carbocycles. The van der Waals surface area contributed by atoms with Crippen LogP contribution in [0.25, 0.3) is 0 Å². The lowest BCUT2D eigenvalue weighted by molar-refractivity contribution is -0.129. The van der Waals surface area contributed by atoms with Crippen LogP contribution < -0.4 is 4.90 Å². The summed E-state index contributed by atoms with van der Waals surface area (Å²) in [5, 5.41) is 8.93. The van der Waals surface area contributed by atoms with Crippen LogP contribution in [0.1, 0.15) is 16.1 Å². The highest BCUT2D eigenvalue weighted by molar-refractivity contribution is 5.89. The number of hydrogen-bond acceptors (Lipinski definition) is 4. The molecule has 6 nitrogen and oxygen atoms in total. The molecule has 1 amide bonds. The van der Waals surface area contributed by atoms with E-state index >= 15 is 0 Å². The Labute approximate surface area is 105 Å². The number of aromatic carboxylic acids is 1. The lowest BCUT2D eigenvalue weighted by Gasteiger charge is -2.32. The lowest BCUT2D eigenvalue weighted by Crippen LogP contribution is -2.48. The number of hydrogen-bond donors (Lipinski definition) is 1. The summed E-state index contributed by atoms with van der Waals surface area (Å²) in [6.07, 6.45) is 0. The molecule has 1 saturated heterocycles. The molecule has 0 radical (unpaired) electrons. The molecule has 2 rings (SSSR count). The monoisotopic (exact) mass is 249 g/mol. The number of carboxylic acids is 1. The second kappa shape index (κ2) is 4.64. The Morgan fingerprint density at radius 1 is 1.39 bits per heavy atom. The number of pyridine rings is 1. The lowest BCUT2D eigenvalue weighted by atomic mass is 10.2. The number of likely N-dealkylation sites (N-methyl/N-ethyl adjacent to an activating group) is 1. The summed E-state index contributed by atoms with van der Waals surface area (Å²) in [6.45, 7) is 3.31. The molecule has 0 atom stereocenters. The van der Waals surface area contributed by atoms with E-state index in [-0.39, 0.29) is 18.0 Å². The molecule has 18 heavy (non-hydrogen) atoms. The summed E-state index contributed by atoms with van der Waals surface area (Å²) in [5.41, 5.74) is 0.658. The van der Waals surface area contributed by atoms with Gasteiger partial charge in [0.1, 0.15) is 5.82 Å². The molecule has 0 spiro atoms. The van der Waals surface area contributed by atoms with E-state index in [2.05, 4.69) is 4.98 Å². The van der Waals surface area contributed by atoms with E-state index in [9.17, 15) is 9.59 Å². The Balaban J connectivity index is 2.22. The van der Waals surface area contributed by atoms with E-state index in [0.717, 1.165) is 0 Å². The quantitative estimate of drug-likeness (QED) is 0.819. The second-order valence-corrected chi connectivity index (χ2v) is 4.34. The number of aromatic nitrogens is 1. The number of amides is 1. The van der Waals surface area contributed by atoms with Crippen LogP contribution in [0.4, 0.5) is 5.82 Å². The van der Waals surface area contributed by atoms with Gasteiger partial charge < -0.3 is 14.9 Å². The molecule has 0 unspecified atom stereocenters. The minimum atomic E-state index is -0.985. The van der Waals surface area contributed by atoms with E-state index in [1.54, 1.807) is 24.9 Å². The molecular weight excluding hydrogens is 234 g/mol. The predicted octanol–water partition coefficient (Wildman–Crippen LogP) is 0.367. The van der Waals surface area contributed by atoms with Crippen LogP contribution in [-0.4, -0.2) is 53.5 Å². The summed E-state index contributed by atoms with van der Waals surface area (Å²) in [5.74, 6) is -0.289. The number of nitrogens with zero attached hydrogens (tertiary/aromatic N) is 3. The molecule has 1 aliphatic heterocycles.